The Kier molecular flexibility index (Phi) is 5.55. The van der Waals surface area contributed by atoms with Crippen LogP contribution in [0.4, 0.5) is 22.0 Å². The van der Waals surface area contributed by atoms with E-state index in [-0.39, 0.29) is 46.9 Å². The van der Waals surface area contributed by atoms with Crippen molar-refractivity contribution < 1.29 is 31.6 Å². The van der Waals surface area contributed by atoms with Crippen LogP contribution in [0.3, 0.4) is 0 Å². The number of hydrogen-bond donors (Lipinski definition) is 0. The lowest BCUT2D eigenvalue weighted by molar-refractivity contribution is -0.275. The fourth-order valence-electron chi connectivity index (χ4n) is 4.19. The molecule has 180 valence electrons. The summed E-state index contributed by atoms with van der Waals surface area (Å²) in [4.78, 5) is 22.6. The summed E-state index contributed by atoms with van der Waals surface area (Å²) >= 11 is 7.43. The van der Waals surface area contributed by atoms with Gasteiger partial charge in [-0.05, 0) is 30.3 Å². The first-order valence-corrected chi connectivity index (χ1v) is 11.8. The number of benzene rings is 1. The third-order valence-corrected chi connectivity index (χ3v) is 7.75. The number of likely N-dealkylation sites (tertiary alicyclic amines) is 1. The van der Waals surface area contributed by atoms with E-state index in [1.54, 1.807) is 11.8 Å². The van der Waals surface area contributed by atoms with Crippen molar-refractivity contribution in [1.29, 1.82) is 0 Å². The Morgan fingerprint density at radius 1 is 1.21 bits per heavy atom. The highest BCUT2D eigenvalue weighted by molar-refractivity contribution is 8.00. The van der Waals surface area contributed by atoms with Crippen LogP contribution in [0.25, 0.3) is 0 Å². The van der Waals surface area contributed by atoms with Crippen molar-refractivity contribution in [2.45, 2.75) is 23.9 Å². The van der Waals surface area contributed by atoms with Gasteiger partial charge in [0, 0.05) is 33.9 Å². The molecule has 3 aliphatic rings. The molecule has 0 N–H and O–H groups in total. The number of oxime groups is 1. The van der Waals surface area contributed by atoms with Crippen LogP contribution >= 0.6 is 23.4 Å². The predicted octanol–water partition coefficient (Wildman–Crippen LogP) is 4.83. The molecule has 0 bridgehead atoms. The summed E-state index contributed by atoms with van der Waals surface area (Å²) in [5.74, 6) is 0.417. The minimum atomic E-state index is -4.92. The number of amides is 1. The quantitative estimate of drug-likeness (QED) is 0.545. The van der Waals surface area contributed by atoms with Crippen LogP contribution in [-0.2, 0) is 20.9 Å². The Balaban J connectivity index is 1.33. The van der Waals surface area contributed by atoms with Crippen LogP contribution in [0.2, 0.25) is 5.02 Å². The minimum Gasteiger partial charge on any atom is -0.374 e. The summed E-state index contributed by atoms with van der Waals surface area (Å²) < 4.78 is 71.2. The first-order valence-electron chi connectivity index (χ1n) is 10.3. The number of carbonyl (C=O) groups is 1. The number of nitrogens with zero attached hydrogens (tertiary/aromatic N) is 3. The lowest BCUT2D eigenvalue weighted by Crippen LogP contribution is -2.61. The fourth-order valence-corrected chi connectivity index (χ4v) is 5.17. The van der Waals surface area contributed by atoms with Gasteiger partial charge in [0.2, 0.25) is 5.91 Å². The molecule has 4 heterocycles. The Morgan fingerprint density at radius 3 is 2.50 bits per heavy atom. The van der Waals surface area contributed by atoms with Crippen molar-refractivity contribution in [1.82, 2.24) is 9.88 Å². The van der Waals surface area contributed by atoms with E-state index < -0.39 is 35.2 Å². The Labute approximate surface area is 200 Å². The van der Waals surface area contributed by atoms with Crippen LogP contribution in [-0.4, -0.2) is 52.3 Å². The van der Waals surface area contributed by atoms with Gasteiger partial charge in [0.15, 0.2) is 5.67 Å². The van der Waals surface area contributed by atoms with Crippen molar-refractivity contribution in [3.63, 3.8) is 0 Å². The summed E-state index contributed by atoms with van der Waals surface area (Å²) in [6, 6.07) is 5.35. The van der Waals surface area contributed by atoms with E-state index in [4.69, 9.17) is 16.4 Å². The van der Waals surface area contributed by atoms with Crippen LogP contribution in [0, 0.1) is 11.7 Å². The average Bonchev–Trinajstić information content (AvgIpc) is 3.16. The molecule has 1 amide bonds. The molecule has 0 spiro atoms. The predicted molar refractivity (Wildman–Crippen MR) is 116 cm³/mol. The molecular weight excluding hydrogens is 501 g/mol. The van der Waals surface area contributed by atoms with Gasteiger partial charge in [0.1, 0.15) is 5.82 Å². The second kappa shape index (κ2) is 8.08. The largest absolute Gasteiger partial charge is 0.435 e. The number of thioether (sulfide) groups is 1. The highest BCUT2D eigenvalue weighted by atomic mass is 35.5. The van der Waals surface area contributed by atoms with Crippen molar-refractivity contribution in [3.05, 3.63) is 64.2 Å². The van der Waals surface area contributed by atoms with Gasteiger partial charge in [0.25, 0.3) is 5.60 Å². The summed E-state index contributed by atoms with van der Waals surface area (Å²) in [7, 11) is 0. The Bertz CT molecular complexity index is 1150. The molecule has 1 aromatic carbocycles. The first kappa shape index (κ1) is 23.3. The zero-order valence-corrected chi connectivity index (χ0v) is 19.0. The molecule has 0 radical (unpaired) electrons. The van der Waals surface area contributed by atoms with Gasteiger partial charge in [-0.15, -0.1) is 0 Å². The maximum atomic E-state index is 15.2. The number of hydrogen-bond acceptors (Lipinski definition) is 5. The van der Waals surface area contributed by atoms with E-state index in [1.807, 2.05) is 0 Å². The molecular formula is C22H17ClF5N3O2S. The third-order valence-electron chi connectivity index (χ3n) is 6.25. The SMILES string of the molecule is O=C(C1CSC1)N1CC(F)(c2ccc(C3=NOC(c4cc(F)cc(Cl)c4)(C(F)(F)F)C3)cn2)C1. The fraction of sp³-hybridized carbons (Fsp3) is 0.409. The van der Waals surface area contributed by atoms with Crippen LogP contribution in [0.5, 0.6) is 0 Å². The smallest absolute Gasteiger partial charge is 0.374 e. The van der Waals surface area contributed by atoms with Gasteiger partial charge in [-0.3, -0.25) is 9.78 Å². The minimum absolute atomic E-state index is 0.0628. The molecule has 1 aromatic heterocycles. The molecule has 1 atom stereocenters. The van der Waals surface area contributed by atoms with Gasteiger partial charge < -0.3 is 9.74 Å². The molecule has 1 unspecified atom stereocenters. The zero-order chi connectivity index (χ0) is 24.3. The number of carbonyl (C=O) groups excluding carboxylic acids is 1. The standard InChI is InChI=1S/C22H17ClF5N3O2S/c23-15-3-14(4-16(24)5-15)21(22(26,27)28)6-17(30-33-21)12-1-2-18(29-7-12)20(25)10-31(11-20)19(32)13-8-34-9-13/h1-5,7,13H,6,8-11H2. The van der Waals surface area contributed by atoms with E-state index >= 15 is 4.39 Å². The molecule has 34 heavy (non-hydrogen) atoms. The molecule has 12 heteroatoms. The Hall–Kier alpha value is -2.40. The number of rotatable bonds is 4. The lowest BCUT2D eigenvalue weighted by Gasteiger charge is -2.46. The second-order valence-corrected chi connectivity index (χ2v) is 10.1. The van der Waals surface area contributed by atoms with Gasteiger partial charge in [-0.25, -0.2) is 8.78 Å². The normalized spacial score (nSPS) is 24.2. The zero-order valence-electron chi connectivity index (χ0n) is 17.4. The number of aromatic nitrogens is 1. The lowest BCUT2D eigenvalue weighted by atomic mass is 9.86. The summed E-state index contributed by atoms with van der Waals surface area (Å²) in [5, 5.41) is 3.39. The molecule has 3 aliphatic heterocycles. The highest BCUT2D eigenvalue weighted by Gasteiger charge is 2.62. The van der Waals surface area contributed by atoms with E-state index in [0.717, 1.165) is 23.6 Å². The van der Waals surface area contributed by atoms with E-state index in [2.05, 4.69) is 10.1 Å². The van der Waals surface area contributed by atoms with Crippen LogP contribution < -0.4 is 0 Å². The summed E-state index contributed by atoms with van der Waals surface area (Å²) in [5.41, 5.74) is -5.02. The van der Waals surface area contributed by atoms with Gasteiger partial charge in [-0.1, -0.05) is 16.8 Å². The van der Waals surface area contributed by atoms with Crippen LogP contribution in [0.15, 0.2) is 41.7 Å². The topological polar surface area (TPSA) is 54.8 Å². The average molecular weight is 518 g/mol. The summed E-state index contributed by atoms with van der Waals surface area (Å²) in [6.45, 7) is -0.220. The maximum absolute atomic E-state index is 15.2. The van der Waals surface area contributed by atoms with Crippen molar-refractivity contribution in [2.24, 2.45) is 11.1 Å². The Morgan fingerprint density at radius 2 is 1.94 bits per heavy atom. The van der Waals surface area contributed by atoms with Gasteiger partial charge in [0.05, 0.1) is 36.8 Å². The van der Waals surface area contributed by atoms with Crippen molar-refractivity contribution in [2.75, 3.05) is 24.6 Å². The van der Waals surface area contributed by atoms with Crippen molar-refractivity contribution in [3.8, 4) is 0 Å². The second-order valence-electron chi connectivity index (χ2n) is 8.62. The molecule has 2 aromatic rings. The molecule has 5 rings (SSSR count). The number of pyridine rings is 1. The van der Waals surface area contributed by atoms with Gasteiger partial charge >= 0.3 is 6.18 Å². The number of alkyl halides is 4. The maximum Gasteiger partial charge on any atom is 0.435 e. The van der Waals surface area contributed by atoms with E-state index in [0.29, 0.717) is 6.07 Å². The molecule has 5 nitrogen and oxygen atoms in total. The highest BCUT2D eigenvalue weighted by Crippen LogP contribution is 2.49. The molecule has 0 saturated carbocycles. The van der Waals surface area contributed by atoms with Crippen molar-refractivity contribution >= 4 is 35.0 Å². The first-order chi connectivity index (χ1) is 16.0. The van der Waals surface area contributed by atoms with E-state index in [9.17, 15) is 22.4 Å². The monoisotopic (exact) mass is 517 g/mol. The number of halogens is 6. The molecule has 2 saturated heterocycles. The van der Waals surface area contributed by atoms with E-state index in [1.165, 1.54) is 23.2 Å². The van der Waals surface area contributed by atoms with Crippen LogP contribution in [0.1, 0.15) is 23.2 Å². The molecule has 2 fully saturated rings. The van der Waals surface area contributed by atoms with Gasteiger partial charge in [-0.2, -0.15) is 24.9 Å². The molecule has 0 aliphatic carbocycles. The third kappa shape index (κ3) is 3.82. The summed E-state index contributed by atoms with van der Waals surface area (Å²) in [6.07, 6.45) is -4.44.